The zero-order chi connectivity index (χ0) is 18.9. The van der Waals surface area contributed by atoms with Crippen LogP contribution in [0.3, 0.4) is 0 Å². The minimum absolute atomic E-state index is 0.436. The predicted octanol–water partition coefficient (Wildman–Crippen LogP) is 2.73. The summed E-state index contributed by atoms with van der Waals surface area (Å²) in [5.74, 6) is -0.585. The fourth-order valence-corrected chi connectivity index (χ4v) is 2.90. The third kappa shape index (κ3) is 5.41. The first-order valence-corrected chi connectivity index (χ1v) is 9.12. The SMILES string of the molecule is O=C(N/N=C/c1ccccc1OCc1ccccc1)C(=O)N1CCCCC1. The van der Waals surface area contributed by atoms with Crippen molar-refractivity contribution in [2.45, 2.75) is 25.9 Å². The van der Waals surface area contributed by atoms with E-state index in [9.17, 15) is 9.59 Å². The van der Waals surface area contributed by atoms with E-state index in [4.69, 9.17) is 4.74 Å². The van der Waals surface area contributed by atoms with E-state index in [-0.39, 0.29) is 0 Å². The Hall–Kier alpha value is -3.15. The zero-order valence-corrected chi connectivity index (χ0v) is 15.1. The van der Waals surface area contributed by atoms with Gasteiger partial charge in [0.1, 0.15) is 12.4 Å². The number of carbonyl (C=O) groups is 2. The summed E-state index contributed by atoms with van der Waals surface area (Å²) in [6.45, 7) is 1.70. The number of benzene rings is 2. The van der Waals surface area contributed by atoms with Crippen molar-refractivity contribution >= 4 is 18.0 Å². The number of nitrogens with zero attached hydrogens (tertiary/aromatic N) is 2. The minimum atomic E-state index is -0.712. The van der Waals surface area contributed by atoms with Gasteiger partial charge >= 0.3 is 11.8 Å². The highest BCUT2D eigenvalue weighted by Crippen LogP contribution is 2.17. The van der Waals surface area contributed by atoms with E-state index in [0.29, 0.717) is 25.4 Å². The average Bonchev–Trinajstić information content (AvgIpc) is 2.74. The van der Waals surface area contributed by atoms with E-state index in [1.54, 1.807) is 4.90 Å². The molecule has 2 amide bonds. The summed E-state index contributed by atoms with van der Waals surface area (Å²) in [4.78, 5) is 25.6. The van der Waals surface area contributed by atoms with Crippen molar-refractivity contribution in [3.63, 3.8) is 0 Å². The van der Waals surface area contributed by atoms with E-state index >= 15 is 0 Å². The number of ether oxygens (including phenoxy) is 1. The monoisotopic (exact) mass is 365 g/mol. The normalized spacial score (nSPS) is 14.1. The van der Waals surface area contributed by atoms with Gasteiger partial charge in [0, 0.05) is 18.7 Å². The first kappa shape index (κ1) is 18.6. The van der Waals surface area contributed by atoms with Crippen molar-refractivity contribution in [3.8, 4) is 5.75 Å². The maximum Gasteiger partial charge on any atom is 0.329 e. The summed E-state index contributed by atoms with van der Waals surface area (Å²) in [5, 5.41) is 3.92. The van der Waals surface area contributed by atoms with E-state index in [1.165, 1.54) is 6.21 Å². The maximum atomic E-state index is 12.1. The molecule has 1 heterocycles. The van der Waals surface area contributed by atoms with E-state index in [0.717, 1.165) is 30.4 Å². The summed E-state index contributed by atoms with van der Waals surface area (Å²) in [6.07, 6.45) is 4.47. The van der Waals surface area contributed by atoms with Crippen molar-refractivity contribution in [3.05, 3.63) is 65.7 Å². The molecule has 1 N–H and O–H groups in total. The van der Waals surface area contributed by atoms with Gasteiger partial charge in [-0.05, 0) is 37.0 Å². The second kappa shape index (κ2) is 9.52. The summed E-state index contributed by atoms with van der Waals surface area (Å²) in [5.41, 5.74) is 4.09. The molecule has 2 aromatic carbocycles. The third-order valence-corrected chi connectivity index (χ3v) is 4.36. The van der Waals surface area contributed by atoms with E-state index in [1.807, 2.05) is 54.6 Å². The first-order chi connectivity index (χ1) is 13.2. The minimum Gasteiger partial charge on any atom is -0.488 e. The van der Waals surface area contributed by atoms with Crippen LogP contribution in [-0.4, -0.2) is 36.0 Å². The van der Waals surface area contributed by atoms with Gasteiger partial charge in [-0.25, -0.2) is 5.43 Å². The average molecular weight is 365 g/mol. The van der Waals surface area contributed by atoms with E-state index < -0.39 is 11.8 Å². The lowest BCUT2D eigenvalue weighted by molar-refractivity contribution is -0.146. The van der Waals surface area contributed by atoms with Gasteiger partial charge in [-0.15, -0.1) is 0 Å². The number of piperidine rings is 1. The van der Waals surface area contributed by atoms with Crippen LogP contribution < -0.4 is 10.2 Å². The van der Waals surface area contributed by atoms with Crippen molar-refractivity contribution in [2.75, 3.05) is 13.1 Å². The molecule has 0 bridgehead atoms. The van der Waals surface area contributed by atoms with Crippen LogP contribution in [0.2, 0.25) is 0 Å². The lowest BCUT2D eigenvalue weighted by atomic mass is 10.1. The second-order valence-corrected chi connectivity index (χ2v) is 6.36. The molecular weight excluding hydrogens is 342 g/mol. The molecular formula is C21H23N3O3. The fourth-order valence-electron chi connectivity index (χ4n) is 2.90. The van der Waals surface area contributed by atoms with Crippen LogP contribution in [0.25, 0.3) is 0 Å². The number of rotatable bonds is 5. The number of hydrogen-bond donors (Lipinski definition) is 1. The van der Waals surface area contributed by atoms with Crippen LogP contribution in [0.5, 0.6) is 5.75 Å². The number of amides is 2. The van der Waals surface area contributed by atoms with Gasteiger partial charge in [0.25, 0.3) is 0 Å². The molecule has 0 unspecified atom stereocenters. The molecule has 6 heteroatoms. The Morgan fingerprint density at radius 3 is 2.48 bits per heavy atom. The van der Waals surface area contributed by atoms with Gasteiger partial charge < -0.3 is 9.64 Å². The first-order valence-electron chi connectivity index (χ1n) is 9.12. The van der Waals surface area contributed by atoms with Crippen LogP contribution in [0.1, 0.15) is 30.4 Å². The Morgan fingerprint density at radius 1 is 1.00 bits per heavy atom. The second-order valence-electron chi connectivity index (χ2n) is 6.36. The molecule has 0 aromatic heterocycles. The van der Waals surface area contributed by atoms with Crippen LogP contribution in [0.4, 0.5) is 0 Å². The lowest BCUT2D eigenvalue weighted by Crippen LogP contribution is -2.43. The Labute approximate surface area is 158 Å². The number of hydrogen-bond acceptors (Lipinski definition) is 4. The highest BCUT2D eigenvalue weighted by Gasteiger charge is 2.22. The third-order valence-electron chi connectivity index (χ3n) is 4.36. The topological polar surface area (TPSA) is 71.0 Å². The van der Waals surface area contributed by atoms with Gasteiger partial charge in [-0.1, -0.05) is 42.5 Å². The largest absolute Gasteiger partial charge is 0.488 e. The molecule has 1 aliphatic heterocycles. The molecule has 3 rings (SSSR count). The van der Waals surface area contributed by atoms with Crippen molar-refractivity contribution in [1.29, 1.82) is 0 Å². The molecule has 1 saturated heterocycles. The summed E-state index contributed by atoms with van der Waals surface area (Å²) in [6, 6.07) is 17.3. The van der Waals surface area contributed by atoms with Gasteiger partial charge in [0.15, 0.2) is 0 Å². The number of hydrazone groups is 1. The molecule has 1 fully saturated rings. The van der Waals surface area contributed by atoms with Crippen LogP contribution >= 0.6 is 0 Å². The van der Waals surface area contributed by atoms with Crippen molar-refractivity contribution in [2.24, 2.45) is 5.10 Å². The van der Waals surface area contributed by atoms with Gasteiger partial charge in [0.2, 0.25) is 0 Å². The molecule has 0 spiro atoms. The van der Waals surface area contributed by atoms with Gasteiger partial charge in [-0.2, -0.15) is 5.10 Å². The molecule has 140 valence electrons. The van der Waals surface area contributed by atoms with Crippen LogP contribution in [0, 0.1) is 0 Å². The lowest BCUT2D eigenvalue weighted by Gasteiger charge is -2.25. The Balaban J connectivity index is 1.56. The predicted molar refractivity (Wildman–Crippen MR) is 103 cm³/mol. The standard InChI is InChI=1S/C21H23N3O3/c25-20(21(26)24-13-7-2-8-14-24)23-22-15-18-11-5-6-12-19(18)27-16-17-9-3-1-4-10-17/h1,3-6,9-12,15H,2,7-8,13-14,16H2,(H,23,25)/b22-15+. The van der Waals surface area contributed by atoms with Gasteiger partial charge in [-0.3, -0.25) is 9.59 Å². The Bertz CT molecular complexity index is 799. The van der Waals surface area contributed by atoms with Gasteiger partial charge in [0.05, 0.1) is 6.21 Å². The van der Waals surface area contributed by atoms with Crippen molar-refractivity contribution < 1.29 is 14.3 Å². The zero-order valence-electron chi connectivity index (χ0n) is 15.1. The molecule has 0 saturated carbocycles. The molecule has 0 radical (unpaired) electrons. The summed E-state index contributed by atoms with van der Waals surface area (Å²) >= 11 is 0. The van der Waals surface area contributed by atoms with Crippen LogP contribution in [0.15, 0.2) is 59.7 Å². The Kier molecular flexibility index (Phi) is 6.57. The molecule has 2 aromatic rings. The molecule has 1 aliphatic rings. The summed E-state index contributed by atoms with van der Waals surface area (Å²) in [7, 11) is 0. The van der Waals surface area contributed by atoms with Crippen LogP contribution in [-0.2, 0) is 16.2 Å². The molecule has 6 nitrogen and oxygen atoms in total. The number of nitrogens with one attached hydrogen (secondary N) is 1. The summed E-state index contributed by atoms with van der Waals surface area (Å²) < 4.78 is 5.84. The quantitative estimate of drug-likeness (QED) is 0.503. The van der Waals surface area contributed by atoms with Crippen molar-refractivity contribution in [1.82, 2.24) is 10.3 Å². The number of carbonyl (C=O) groups excluding carboxylic acids is 2. The molecule has 0 aliphatic carbocycles. The molecule has 0 atom stereocenters. The van der Waals surface area contributed by atoms with E-state index in [2.05, 4.69) is 10.5 Å². The number of likely N-dealkylation sites (tertiary alicyclic amines) is 1. The Morgan fingerprint density at radius 2 is 1.70 bits per heavy atom. The highest BCUT2D eigenvalue weighted by molar-refractivity contribution is 6.35. The smallest absolute Gasteiger partial charge is 0.329 e. The number of para-hydroxylation sites is 1. The maximum absolute atomic E-state index is 12.1. The fraction of sp³-hybridized carbons (Fsp3) is 0.286. The highest BCUT2D eigenvalue weighted by atomic mass is 16.5. The molecule has 27 heavy (non-hydrogen) atoms.